The molecule has 2 rings (SSSR count). The number of nitrogens with two attached hydrogens (primary N) is 1. The largest absolute Gasteiger partial charge is 0.397 e. The lowest BCUT2D eigenvalue weighted by Crippen LogP contribution is -2.22. The highest BCUT2D eigenvalue weighted by molar-refractivity contribution is 7.89. The van der Waals surface area contributed by atoms with Crippen molar-refractivity contribution in [3.05, 3.63) is 18.2 Å². The fraction of sp³-hybridized carbons (Fsp3) is 0.538. The van der Waals surface area contributed by atoms with E-state index in [-0.39, 0.29) is 4.90 Å². The Labute approximate surface area is 114 Å². The maximum absolute atomic E-state index is 12.0. The molecule has 1 aliphatic rings. The molecule has 0 atom stereocenters. The van der Waals surface area contributed by atoms with Gasteiger partial charge in [-0.25, -0.2) is 12.7 Å². The second-order valence-corrected chi connectivity index (χ2v) is 7.35. The van der Waals surface area contributed by atoms with Crippen LogP contribution >= 0.6 is 0 Å². The van der Waals surface area contributed by atoms with Crippen molar-refractivity contribution in [1.29, 1.82) is 0 Å². The Morgan fingerprint density at radius 1 is 1.37 bits per heavy atom. The Kier molecular flexibility index (Phi) is 4.01. The SMILES string of the molecule is CN(C)S(=O)(=O)c1ccc(NCCC2CC2)c(N)c1. The molecule has 106 valence electrons. The molecule has 0 bridgehead atoms. The van der Waals surface area contributed by atoms with Crippen molar-refractivity contribution in [2.24, 2.45) is 5.92 Å². The molecule has 0 aliphatic heterocycles. The predicted octanol–water partition coefficient (Wildman–Crippen LogP) is 1.73. The van der Waals surface area contributed by atoms with Crippen LogP contribution < -0.4 is 11.1 Å². The van der Waals surface area contributed by atoms with Crippen molar-refractivity contribution in [1.82, 2.24) is 4.31 Å². The number of nitrogens with zero attached hydrogens (tertiary/aromatic N) is 1. The summed E-state index contributed by atoms with van der Waals surface area (Å²) in [5.41, 5.74) is 7.18. The third-order valence-corrected chi connectivity index (χ3v) is 5.18. The van der Waals surface area contributed by atoms with Gasteiger partial charge in [-0.3, -0.25) is 0 Å². The average molecular weight is 283 g/mol. The van der Waals surface area contributed by atoms with Crippen molar-refractivity contribution < 1.29 is 8.42 Å². The first kappa shape index (κ1) is 14.1. The first-order chi connectivity index (χ1) is 8.91. The minimum Gasteiger partial charge on any atom is -0.397 e. The molecule has 1 fully saturated rings. The highest BCUT2D eigenvalue weighted by Gasteiger charge is 2.21. The summed E-state index contributed by atoms with van der Waals surface area (Å²) in [5, 5.41) is 3.26. The summed E-state index contributed by atoms with van der Waals surface area (Å²) < 4.78 is 25.1. The predicted molar refractivity (Wildman–Crippen MR) is 77.6 cm³/mol. The summed E-state index contributed by atoms with van der Waals surface area (Å²) in [7, 11) is -0.400. The van der Waals surface area contributed by atoms with Gasteiger partial charge in [-0.1, -0.05) is 12.8 Å². The summed E-state index contributed by atoms with van der Waals surface area (Å²) in [6, 6.07) is 4.83. The van der Waals surface area contributed by atoms with Crippen LogP contribution in [0.15, 0.2) is 23.1 Å². The minimum atomic E-state index is -3.41. The van der Waals surface area contributed by atoms with Gasteiger partial charge in [0.15, 0.2) is 0 Å². The molecule has 1 saturated carbocycles. The Hall–Kier alpha value is -1.27. The normalized spacial score (nSPS) is 15.7. The number of benzene rings is 1. The standard InChI is InChI=1S/C13H21N3O2S/c1-16(2)19(17,18)11-5-6-13(12(14)9-11)15-8-7-10-3-4-10/h5-6,9-10,15H,3-4,7-8,14H2,1-2H3. The highest BCUT2D eigenvalue weighted by Crippen LogP contribution is 2.32. The Morgan fingerprint density at radius 3 is 2.58 bits per heavy atom. The lowest BCUT2D eigenvalue weighted by molar-refractivity contribution is 0.521. The van der Waals surface area contributed by atoms with Crippen molar-refractivity contribution in [3.8, 4) is 0 Å². The molecule has 3 N–H and O–H groups in total. The molecular formula is C13H21N3O2S. The summed E-state index contributed by atoms with van der Waals surface area (Å²) in [5.74, 6) is 0.863. The van der Waals surface area contributed by atoms with Gasteiger partial charge in [-0.2, -0.15) is 0 Å². The molecule has 0 saturated heterocycles. The smallest absolute Gasteiger partial charge is 0.242 e. The number of sulfonamides is 1. The lowest BCUT2D eigenvalue weighted by atomic mass is 10.2. The van der Waals surface area contributed by atoms with Crippen molar-refractivity contribution in [2.75, 3.05) is 31.7 Å². The Bertz CT molecular complexity index is 551. The van der Waals surface area contributed by atoms with Crippen LogP contribution in [0.5, 0.6) is 0 Å². The molecule has 0 aromatic heterocycles. The van der Waals surface area contributed by atoms with Gasteiger partial charge in [0.2, 0.25) is 10.0 Å². The molecule has 5 nitrogen and oxygen atoms in total. The number of hydrogen-bond acceptors (Lipinski definition) is 4. The molecule has 0 radical (unpaired) electrons. The zero-order chi connectivity index (χ0) is 14.0. The number of nitrogen functional groups attached to an aromatic ring is 1. The molecule has 0 heterocycles. The van der Waals surface area contributed by atoms with Gasteiger partial charge in [0, 0.05) is 20.6 Å². The van der Waals surface area contributed by atoms with Crippen LogP contribution in [0.4, 0.5) is 11.4 Å². The van der Waals surface area contributed by atoms with E-state index in [1.807, 2.05) is 0 Å². The van der Waals surface area contributed by atoms with E-state index in [0.29, 0.717) is 5.69 Å². The molecule has 19 heavy (non-hydrogen) atoms. The zero-order valence-corrected chi connectivity index (χ0v) is 12.2. The molecule has 0 spiro atoms. The van der Waals surface area contributed by atoms with Crippen molar-refractivity contribution in [2.45, 2.75) is 24.2 Å². The average Bonchev–Trinajstić information content (AvgIpc) is 3.15. The van der Waals surface area contributed by atoms with E-state index in [9.17, 15) is 8.42 Å². The maximum atomic E-state index is 12.0. The Balaban J connectivity index is 2.07. The van der Waals surface area contributed by atoms with E-state index in [2.05, 4.69) is 5.32 Å². The number of nitrogens with one attached hydrogen (secondary N) is 1. The second-order valence-electron chi connectivity index (χ2n) is 5.20. The molecule has 1 aromatic carbocycles. The monoisotopic (exact) mass is 283 g/mol. The number of rotatable bonds is 6. The van der Waals surface area contributed by atoms with E-state index in [0.717, 1.165) is 24.6 Å². The van der Waals surface area contributed by atoms with E-state index < -0.39 is 10.0 Å². The van der Waals surface area contributed by atoms with E-state index in [4.69, 9.17) is 5.73 Å². The second kappa shape index (κ2) is 5.38. The topological polar surface area (TPSA) is 75.4 Å². The van der Waals surface area contributed by atoms with Crippen LogP contribution in [0.2, 0.25) is 0 Å². The van der Waals surface area contributed by atoms with Gasteiger partial charge in [-0.15, -0.1) is 0 Å². The minimum absolute atomic E-state index is 0.225. The van der Waals surface area contributed by atoms with Crippen molar-refractivity contribution >= 4 is 21.4 Å². The van der Waals surface area contributed by atoms with Gasteiger partial charge in [0.25, 0.3) is 0 Å². The molecule has 6 heteroatoms. The fourth-order valence-corrected chi connectivity index (χ4v) is 2.83. The van der Waals surface area contributed by atoms with Crippen LogP contribution in [0.25, 0.3) is 0 Å². The number of hydrogen-bond donors (Lipinski definition) is 2. The van der Waals surface area contributed by atoms with Crippen LogP contribution in [-0.4, -0.2) is 33.4 Å². The zero-order valence-electron chi connectivity index (χ0n) is 11.4. The molecule has 1 aromatic rings. The quantitative estimate of drug-likeness (QED) is 0.780. The summed E-state index contributed by atoms with van der Waals surface area (Å²) in [4.78, 5) is 0.225. The third-order valence-electron chi connectivity index (χ3n) is 3.37. The van der Waals surface area contributed by atoms with Gasteiger partial charge in [0.05, 0.1) is 16.3 Å². The molecule has 0 amide bonds. The van der Waals surface area contributed by atoms with Gasteiger partial charge >= 0.3 is 0 Å². The van der Waals surface area contributed by atoms with Gasteiger partial charge < -0.3 is 11.1 Å². The van der Waals surface area contributed by atoms with E-state index >= 15 is 0 Å². The highest BCUT2D eigenvalue weighted by atomic mass is 32.2. The maximum Gasteiger partial charge on any atom is 0.242 e. The van der Waals surface area contributed by atoms with Crippen LogP contribution in [-0.2, 0) is 10.0 Å². The third kappa shape index (κ3) is 3.39. The first-order valence-electron chi connectivity index (χ1n) is 6.47. The summed E-state index contributed by atoms with van der Waals surface area (Å²) in [6.07, 6.45) is 3.81. The van der Waals surface area contributed by atoms with Crippen molar-refractivity contribution in [3.63, 3.8) is 0 Å². The number of anilines is 2. The lowest BCUT2D eigenvalue weighted by Gasteiger charge is -2.14. The Morgan fingerprint density at radius 2 is 2.05 bits per heavy atom. The van der Waals surface area contributed by atoms with Gasteiger partial charge in [-0.05, 0) is 30.5 Å². The fourth-order valence-electron chi connectivity index (χ4n) is 1.89. The van der Waals surface area contributed by atoms with Crippen LogP contribution in [0, 0.1) is 5.92 Å². The van der Waals surface area contributed by atoms with Crippen LogP contribution in [0.1, 0.15) is 19.3 Å². The summed E-state index contributed by atoms with van der Waals surface area (Å²) >= 11 is 0. The van der Waals surface area contributed by atoms with Gasteiger partial charge in [0.1, 0.15) is 0 Å². The summed E-state index contributed by atoms with van der Waals surface area (Å²) in [6.45, 7) is 0.884. The molecule has 1 aliphatic carbocycles. The first-order valence-corrected chi connectivity index (χ1v) is 7.91. The van der Waals surface area contributed by atoms with E-state index in [1.54, 1.807) is 12.1 Å². The van der Waals surface area contributed by atoms with E-state index in [1.165, 1.54) is 37.3 Å². The van der Waals surface area contributed by atoms with Crippen LogP contribution in [0.3, 0.4) is 0 Å². The molecular weight excluding hydrogens is 262 g/mol. The molecule has 0 unspecified atom stereocenters.